The van der Waals surface area contributed by atoms with E-state index in [9.17, 15) is 14.4 Å². The largest absolute Gasteiger partial charge is 0.465 e. The average molecular weight is 269 g/mol. The number of rotatable bonds is 4. The molecule has 0 saturated heterocycles. The Morgan fingerprint density at radius 2 is 1.53 bits per heavy atom. The lowest BCUT2D eigenvalue weighted by atomic mass is 10.1. The van der Waals surface area contributed by atoms with Crippen molar-refractivity contribution in [3.63, 3.8) is 0 Å². The third-order valence-electron chi connectivity index (χ3n) is 2.59. The molecule has 0 aromatic carbocycles. The first-order chi connectivity index (χ1) is 9.01. The molecule has 19 heavy (non-hydrogen) atoms. The van der Waals surface area contributed by atoms with Crippen molar-refractivity contribution in [2.24, 2.45) is 0 Å². The van der Waals surface area contributed by atoms with Crippen molar-refractivity contribution in [2.75, 3.05) is 21.3 Å². The van der Waals surface area contributed by atoms with Crippen LogP contribution in [0, 0.1) is 0 Å². The summed E-state index contributed by atoms with van der Waals surface area (Å²) in [5, 5.41) is 0. The monoisotopic (exact) mass is 269 g/mol. The number of esters is 3. The van der Waals surface area contributed by atoms with Crippen LogP contribution in [-0.2, 0) is 20.8 Å². The van der Waals surface area contributed by atoms with E-state index in [0.717, 1.165) is 7.11 Å². The van der Waals surface area contributed by atoms with Crippen molar-refractivity contribution in [3.05, 3.63) is 23.0 Å². The molecule has 0 bridgehead atoms. The number of ether oxygens (including phenoxy) is 3. The first kappa shape index (κ1) is 14.7. The smallest absolute Gasteiger partial charge is 0.355 e. The van der Waals surface area contributed by atoms with Gasteiger partial charge in [0.1, 0.15) is 11.3 Å². The Balaban J connectivity index is 3.58. The zero-order valence-corrected chi connectivity index (χ0v) is 11.2. The first-order valence-electron chi connectivity index (χ1n) is 5.49. The second-order valence-electron chi connectivity index (χ2n) is 3.53. The summed E-state index contributed by atoms with van der Waals surface area (Å²) in [4.78, 5) is 35.2. The first-order valence-corrected chi connectivity index (χ1v) is 5.49. The minimum atomic E-state index is -0.798. The van der Waals surface area contributed by atoms with Crippen LogP contribution in [0.15, 0.2) is 6.20 Å². The molecule has 0 aliphatic carbocycles. The number of hydrogen-bond donors (Lipinski definition) is 0. The quantitative estimate of drug-likeness (QED) is 0.595. The highest BCUT2D eigenvalue weighted by atomic mass is 16.5. The molecule has 0 amide bonds. The van der Waals surface area contributed by atoms with Crippen molar-refractivity contribution in [1.29, 1.82) is 0 Å². The molecule has 1 aromatic rings. The molecule has 0 radical (unpaired) electrons. The number of carbonyl (C=O) groups is 3. The van der Waals surface area contributed by atoms with Crippen molar-refractivity contribution in [3.8, 4) is 0 Å². The third-order valence-corrected chi connectivity index (χ3v) is 2.59. The predicted octanol–water partition coefficient (Wildman–Crippen LogP) is 0.868. The Kier molecular flexibility index (Phi) is 4.68. The zero-order valence-electron chi connectivity index (χ0n) is 11.2. The van der Waals surface area contributed by atoms with Crippen molar-refractivity contribution < 1.29 is 28.6 Å². The molecule has 0 N–H and O–H groups in total. The van der Waals surface area contributed by atoms with E-state index in [0.29, 0.717) is 6.54 Å². The van der Waals surface area contributed by atoms with Crippen LogP contribution in [0.4, 0.5) is 0 Å². The molecule has 0 spiro atoms. The van der Waals surface area contributed by atoms with Crippen LogP contribution in [0.25, 0.3) is 0 Å². The van der Waals surface area contributed by atoms with Gasteiger partial charge in [0.25, 0.3) is 0 Å². The van der Waals surface area contributed by atoms with Crippen molar-refractivity contribution >= 4 is 17.9 Å². The summed E-state index contributed by atoms with van der Waals surface area (Å²) in [6.45, 7) is 2.14. The Labute approximate surface area is 110 Å². The van der Waals surface area contributed by atoms with Gasteiger partial charge >= 0.3 is 17.9 Å². The van der Waals surface area contributed by atoms with Crippen LogP contribution in [-0.4, -0.2) is 43.8 Å². The molecule has 104 valence electrons. The Morgan fingerprint density at radius 3 is 1.95 bits per heavy atom. The van der Waals surface area contributed by atoms with Crippen LogP contribution in [0.1, 0.15) is 38.1 Å². The van der Waals surface area contributed by atoms with E-state index in [1.807, 2.05) is 0 Å². The summed E-state index contributed by atoms with van der Waals surface area (Å²) in [5.74, 6) is -2.25. The molecular formula is C12H15NO6. The third kappa shape index (κ3) is 2.59. The minimum Gasteiger partial charge on any atom is -0.465 e. The van der Waals surface area contributed by atoms with Crippen LogP contribution in [0.3, 0.4) is 0 Å². The highest BCUT2D eigenvalue weighted by Crippen LogP contribution is 2.21. The molecule has 0 atom stereocenters. The molecule has 0 fully saturated rings. The lowest BCUT2D eigenvalue weighted by molar-refractivity contribution is 0.0535. The predicted molar refractivity (Wildman–Crippen MR) is 64.1 cm³/mol. The highest BCUT2D eigenvalue weighted by molar-refractivity contribution is 6.10. The number of hydrogen-bond acceptors (Lipinski definition) is 6. The van der Waals surface area contributed by atoms with Gasteiger partial charge in [-0.15, -0.1) is 0 Å². The summed E-state index contributed by atoms with van der Waals surface area (Å²) in [6, 6.07) is 0. The van der Waals surface area contributed by atoms with E-state index in [2.05, 4.69) is 14.2 Å². The Hall–Kier alpha value is -2.31. The van der Waals surface area contributed by atoms with E-state index in [1.54, 1.807) is 6.92 Å². The molecule has 1 rings (SSSR count). The van der Waals surface area contributed by atoms with E-state index in [1.165, 1.54) is 25.0 Å². The topological polar surface area (TPSA) is 83.8 Å². The number of aromatic nitrogens is 1. The van der Waals surface area contributed by atoms with Gasteiger partial charge in [0.15, 0.2) is 0 Å². The Morgan fingerprint density at radius 1 is 1.00 bits per heavy atom. The summed E-state index contributed by atoms with van der Waals surface area (Å²) in [5.41, 5.74) is -0.211. The zero-order chi connectivity index (χ0) is 14.6. The molecule has 1 heterocycles. The molecule has 0 aliphatic rings. The molecule has 0 unspecified atom stereocenters. The minimum absolute atomic E-state index is 0.0303. The Bertz CT molecular complexity index is 517. The second kappa shape index (κ2) is 6.03. The van der Waals surface area contributed by atoms with Gasteiger partial charge in [-0.25, -0.2) is 14.4 Å². The van der Waals surface area contributed by atoms with Gasteiger partial charge < -0.3 is 18.8 Å². The normalized spacial score (nSPS) is 9.89. The van der Waals surface area contributed by atoms with Crippen molar-refractivity contribution in [2.45, 2.75) is 13.5 Å². The number of nitrogens with zero attached hydrogens (tertiary/aromatic N) is 1. The molecule has 1 aromatic heterocycles. The summed E-state index contributed by atoms with van der Waals surface area (Å²) < 4.78 is 15.2. The molecular weight excluding hydrogens is 254 g/mol. The summed E-state index contributed by atoms with van der Waals surface area (Å²) in [7, 11) is 3.53. The lowest BCUT2D eigenvalue weighted by Crippen LogP contribution is -2.16. The highest BCUT2D eigenvalue weighted by Gasteiger charge is 2.31. The van der Waals surface area contributed by atoms with Crippen molar-refractivity contribution in [1.82, 2.24) is 4.57 Å². The fraction of sp³-hybridized carbons (Fsp3) is 0.417. The van der Waals surface area contributed by atoms with Gasteiger partial charge in [0, 0.05) is 12.7 Å². The SMILES string of the molecule is CCn1cc(C(=O)OC)c(C(=O)OC)c1C(=O)OC. The average Bonchev–Trinajstić information content (AvgIpc) is 2.83. The van der Waals surface area contributed by atoms with E-state index < -0.39 is 17.9 Å². The molecule has 0 saturated carbocycles. The maximum absolute atomic E-state index is 11.8. The maximum atomic E-state index is 11.8. The standard InChI is InChI=1S/C12H15NO6/c1-5-13-6-7(10(14)17-2)8(11(15)18-3)9(13)12(16)19-4/h6H,5H2,1-4H3. The molecule has 7 nitrogen and oxygen atoms in total. The van der Waals surface area contributed by atoms with Crippen LogP contribution < -0.4 is 0 Å². The van der Waals surface area contributed by atoms with Gasteiger partial charge in [-0.05, 0) is 6.92 Å². The summed E-state index contributed by atoms with van der Waals surface area (Å²) in [6.07, 6.45) is 1.37. The number of methoxy groups -OCH3 is 3. The number of carbonyl (C=O) groups excluding carboxylic acids is 3. The van der Waals surface area contributed by atoms with E-state index in [-0.39, 0.29) is 16.8 Å². The maximum Gasteiger partial charge on any atom is 0.355 e. The number of aryl methyl sites for hydroxylation is 1. The van der Waals surface area contributed by atoms with E-state index >= 15 is 0 Å². The van der Waals surface area contributed by atoms with Crippen LogP contribution in [0.2, 0.25) is 0 Å². The van der Waals surface area contributed by atoms with Gasteiger partial charge in [-0.1, -0.05) is 0 Å². The van der Waals surface area contributed by atoms with Crippen LogP contribution in [0.5, 0.6) is 0 Å². The summed E-state index contributed by atoms with van der Waals surface area (Å²) >= 11 is 0. The molecule has 7 heteroatoms. The lowest BCUT2D eigenvalue weighted by Gasteiger charge is -2.06. The fourth-order valence-electron chi connectivity index (χ4n) is 1.69. The molecule has 0 aliphatic heterocycles. The van der Waals surface area contributed by atoms with E-state index in [4.69, 9.17) is 0 Å². The fourth-order valence-corrected chi connectivity index (χ4v) is 1.69. The second-order valence-corrected chi connectivity index (χ2v) is 3.53. The van der Waals surface area contributed by atoms with Gasteiger partial charge in [0.05, 0.1) is 26.9 Å². The van der Waals surface area contributed by atoms with Crippen LogP contribution >= 0.6 is 0 Å². The van der Waals surface area contributed by atoms with Gasteiger partial charge in [0.2, 0.25) is 0 Å². The van der Waals surface area contributed by atoms with Gasteiger partial charge in [-0.3, -0.25) is 0 Å². The van der Waals surface area contributed by atoms with Gasteiger partial charge in [-0.2, -0.15) is 0 Å².